The van der Waals surface area contributed by atoms with Crippen LogP contribution in [0.5, 0.6) is 0 Å². The molecule has 0 bridgehead atoms. The van der Waals surface area contributed by atoms with Crippen molar-refractivity contribution in [3.05, 3.63) is 18.0 Å². The first-order valence-electron chi connectivity index (χ1n) is 7.65. The third-order valence-corrected chi connectivity index (χ3v) is 5.52. The average Bonchev–Trinajstić information content (AvgIpc) is 2.86. The Labute approximate surface area is 129 Å². The summed E-state index contributed by atoms with van der Waals surface area (Å²) < 4.78 is 26.6. The van der Waals surface area contributed by atoms with E-state index < -0.39 is 10.0 Å². The Morgan fingerprint density at radius 2 is 2.00 bits per heavy atom. The van der Waals surface area contributed by atoms with E-state index in [9.17, 15) is 8.42 Å². The molecule has 0 fully saturated rings. The minimum atomic E-state index is -3.42. The predicted molar refractivity (Wildman–Crippen MR) is 86.7 cm³/mol. The number of hydrogen-bond acceptors (Lipinski definition) is 3. The Balaban J connectivity index is 2.78. The highest BCUT2D eigenvalue weighted by atomic mass is 32.2. The average molecular weight is 315 g/mol. The van der Waals surface area contributed by atoms with Gasteiger partial charge in [-0.1, -0.05) is 20.8 Å². The molecule has 1 aromatic heterocycles. The molecule has 1 heterocycles. The fraction of sp³-hybridized carbons (Fsp3) is 0.733. The van der Waals surface area contributed by atoms with E-state index in [0.717, 1.165) is 25.1 Å². The van der Waals surface area contributed by atoms with Gasteiger partial charge in [-0.3, -0.25) is 0 Å². The second kappa shape index (κ2) is 7.96. The quantitative estimate of drug-likeness (QED) is 0.688. The van der Waals surface area contributed by atoms with Crippen molar-refractivity contribution in [1.82, 2.24) is 14.6 Å². The molecule has 1 rings (SSSR count). The number of hydrogen-bond donors (Lipinski definition) is 2. The van der Waals surface area contributed by atoms with Crippen molar-refractivity contribution in [2.75, 3.05) is 13.6 Å². The molecule has 1 aromatic rings. The second-order valence-electron chi connectivity index (χ2n) is 6.04. The number of rotatable bonds is 9. The van der Waals surface area contributed by atoms with Crippen LogP contribution in [0.1, 0.15) is 46.2 Å². The minimum absolute atomic E-state index is 0.00781. The lowest BCUT2D eigenvalue weighted by Gasteiger charge is -2.25. The molecule has 0 aliphatic rings. The number of nitrogens with one attached hydrogen (secondary N) is 2. The van der Waals surface area contributed by atoms with E-state index >= 15 is 0 Å². The van der Waals surface area contributed by atoms with Gasteiger partial charge in [-0.25, -0.2) is 8.42 Å². The zero-order valence-corrected chi connectivity index (χ0v) is 14.6. The van der Waals surface area contributed by atoms with Gasteiger partial charge in [0.25, 0.3) is 0 Å². The highest BCUT2D eigenvalue weighted by Gasteiger charge is 2.26. The van der Waals surface area contributed by atoms with Crippen LogP contribution in [-0.2, 0) is 16.6 Å². The summed E-state index contributed by atoms with van der Waals surface area (Å²) in [4.78, 5) is 3.38. The van der Waals surface area contributed by atoms with Gasteiger partial charge in [-0.15, -0.1) is 0 Å². The zero-order valence-electron chi connectivity index (χ0n) is 13.8. The second-order valence-corrected chi connectivity index (χ2v) is 8.03. The van der Waals surface area contributed by atoms with Crippen LogP contribution in [-0.4, -0.2) is 37.3 Å². The van der Waals surface area contributed by atoms with Crippen LogP contribution in [0.3, 0.4) is 0 Å². The fourth-order valence-corrected chi connectivity index (χ4v) is 3.69. The van der Waals surface area contributed by atoms with Crippen LogP contribution in [0.25, 0.3) is 0 Å². The molecule has 0 aromatic carbocycles. The van der Waals surface area contributed by atoms with Crippen molar-refractivity contribution in [1.29, 1.82) is 0 Å². The summed E-state index contributed by atoms with van der Waals surface area (Å²) in [6.45, 7) is 9.84. The molecule has 0 amide bonds. The third-order valence-electron chi connectivity index (χ3n) is 3.57. The topological polar surface area (TPSA) is 65.2 Å². The van der Waals surface area contributed by atoms with Crippen molar-refractivity contribution < 1.29 is 8.42 Å². The monoisotopic (exact) mass is 315 g/mol. The molecule has 0 spiro atoms. The first kappa shape index (κ1) is 18.2. The molecule has 1 unspecified atom stereocenters. The normalized spacial score (nSPS) is 14.0. The Hall–Kier alpha value is -0.850. The van der Waals surface area contributed by atoms with Crippen LogP contribution in [0.4, 0.5) is 0 Å². The molecule has 1 atom stereocenters. The van der Waals surface area contributed by atoms with Gasteiger partial charge in [0, 0.05) is 31.5 Å². The summed E-state index contributed by atoms with van der Waals surface area (Å²) >= 11 is 0. The van der Waals surface area contributed by atoms with Gasteiger partial charge < -0.3 is 10.3 Å². The van der Waals surface area contributed by atoms with Crippen LogP contribution < -0.4 is 5.32 Å². The summed E-state index contributed by atoms with van der Waals surface area (Å²) in [7, 11) is -1.76. The lowest BCUT2D eigenvalue weighted by atomic mass is 10.1. The summed E-state index contributed by atoms with van der Waals surface area (Å²) in [5, 5.41) is 3.25. The summed E-state index contributed by atoms with van der Waals surface area (Å²) in [5.41, 5.74) is 0.895. The first-order valence-corrected chi connectivity index (χ1v) is 9.09. The summed E-state index contributed by atoms with van der Waals surface area (Å²) in [6, 6.07) is 1.71. The standard InChI is InChI=1S/C15H29N3O2S/c1-6-7-16-10-14-9-15(11-17-14)21(19,20)18(5)13(4)8-12(2)3/h9,11-13,16-17H,6-8,10H2,1-5H3. The van der Waals surface area contributed by atoms with Gasteiger partial charge in [-0.2, -0.15) is 4.31 Å². The molecule has 0 aliphatic carbocycles. The SMILES string of the molecule is CCCNCc1cc(S(=O)(=O)N(C)C(C)CC(C)C)c[nH]1. The highest BCUT2D eigenvalue weighted by molar-refractivity contribution is 7.89. The Bertz CT molecular complexity index is 523. The number of H-pyrrole nitrogens is 1. The smallest absolute Gasteiger partial charge is 0.244 e. The van der Waals surface area contributed by atoms with E-state index in [-0.39, 0.29) is 6.04 Å². The Morgan fingerprint density at radius 1 is 1.33 bits per heavy atom. The summed E-state index contributed by atoms with van der Waals surface area (Å²) in [5.74, 6) is 0.470. The van der Waals surface area contributed by atoms with Crippen molar-refractivity contribution in [2.45, 2.75) is 58.0 Å². The van der Waals surface area contributed by atoms with Crippen LogP contribution >= 0.6 is 0 Å². The first-order chi connectivity index (χ1) is 9.78. The molecular weight excluding hydrogens is 286 g/mol. The number of aromatic nitrogens is 1. The number of nitrogens with zero attached hydrogens (tertiary/aromatic N) is 1. The van der Waals surface area contributed by atoms with E-state index in [1.807, 2.05) is 6.92 Å². The lowest BCUT2D eigenvalue weighted by Crippen LogP contribution is -2.35. The van der Waals surface area contributed by atoms with Gasteiger partial charge in [-0.05, 0) is 38.3 Å². The molecule has 0 saturated carbocycles. The van der Waals surface area contributed by atoms with E-state index in [4.69, 9.17) is 0 Å². The molecule has 6 heteroatoms. The molecule has 5 nitrogen and oxygen atoms in total. The van der Waals surface area contributed by atoms with E-state index in [0.29, 0.717) is 17.4 Å². The zero-order chi connectivity index (χ0) is 16.0. The van der Waals surface area contributed by atoms with Crippen LogP contribution in [0.2, 0.25) is 0 Å². The maximum atomic E-state index is 12.6. The molecular formula is C15H29N3O2S. The lowest BCUT2D eigenvalue weighted by molar-refractivity contribution is 0.338. The van der Waals surface area contributed by atoms with Gasteiger partial charge in [0.1, 0.15) is 0 Å². The molecule has 21 heavy (non-hydrogen) atoms. The van der Waals surface area contributed by atoms with Gasteiger partial charge in [0.2, 0.25) is 10.0 Å². The minimum Gasteiger partial charge on any atom is -0.363 e. The highest BCUT2D eigenvalue weighted by Crippen LogP contribution is 2.20. The number of aromatic amines is 1. The van der Waals surface area contributed by atoms with Gasteiger partial charge in [0.15, 0.2) is 0 Å². The largest absolute Gasteiger partial charge is 0.363 e. The van der Waals surface area contributed by atoms with E-state index in [2.05, 4.69) is 31.1 Å². The third kappa shape index (κ3) is 5.13. The molecule has 122 valence electrons. The van der Waals surface area contributed by atoms with Crippen molar-refractivity contribution in [3.63, 3.8) is 0 Å². The van der Waals surface area contributed by atoms with Gasteiger partial charge >= 0.3 is 0 Å². The van der Waals surface area contributed by atoms with E-state index in [1.54, 1.807) is 19.3 Å². The predicted octanol–water partition coefficient (Wildman–Crippen LogP) is 2.57. The maximum absolute atomic E-state index is 12.6. The van der Waals surface area contributed by atoms with Crippen molar-refractivity contribution >= 4 is 10.0 Å². The molecule has 0 radical (unpaired) electrons. The maximum Gasteiger partial charge on any atom is 0.244 e. The Kier molecular flexibility index (Phi) is 6.90. The van der Waals surface area contributed by atoms with Crippen molar-refractivity contribution in [2.24, 2.45) is 5.92 Å². The van der Waals surface area contributed by atoms with Crippen LogP contribution in [0.15, 0.2) is 17.2 Å². The molecule has 0 saturated heterocycles. The fourth-order valence-electron chi connectivity index (χ4n) is 2.30. The Morgan fingerprint density at radius 3 is 2.57 bits per heavy atom. The van der Waals surface area contributed by atoms with Crippen LogP contribution in [0, 0.1) is 5.92 Å². The summed E-state index contributed by atoms with van der Waals surface area (Å²) in [6.07, 6.45) is 3.49. The van der Waals surface area contributed by atoms with Gasteiger partial charge in [0.05, 0.1) is 4.90 Å². The molecule has 0 aliphatic heterocycles. The van der Waals surface area contributed by atoms with E-state index in [1.165, 1.54) is 4.31 Å². The van der Waals surface area contributed by atoms with Crippen molar-refractivity contribution in [3.8, 4) is 0 Å². The molecule has 2 N–H and O–H groups in total. The number of sulfonamides is 1.